The molecule has 0 saturated heterocycles. The molecule has 0 fully saturated rings. The van der Waals surface area contributed by atoms with E-state index in [1.807, 2.05) is 6.07 Å². The van der Waals surface area contributed by atoms with Gasteiger partial charge in [0, 0.05) is 24.2 Å². The van der Waals surface area contributed by atoms with Crippen molar-refractivity contribution in [1.82, 2.24) is 14.8 Å². The van der Waals surface area contributed by atoms with Crippen LogP contribution >= 0.6 is 23.2 Å². The smallest absolute Gasteiger partial charge is 0.263 e. The van der Waals surface area contributed by atoms with E-state index in [4.69, 9.17) is 23.2 Å². The molecule has 6 nitrogen and oxygen atoms in total. The number of fused-ring (bicyclic) bond motifs is 1. The van der Waals surface area contributed by atoms with Crippen molar-refractivity contribution >= 4 is 38.9 Å². The number of anilines is 1. The molecule has 0 aliphatic carbocycles. The molecule has 0 amide bonds. The number of benzene rings is 2. The lowest BCUT2D eigenvalue weighted by molar-refractivity contribution is 0.601. The second-order valence-electron chi connectivity index (χ2n) is 5.93. The van der Waals surface area contributed by atoms with E-state index in [1.54, 1.807) is 24.3 Å². The molecule has 4 rings (SSSR count). The molecule has 1 aromatic heterocycles. The first-order valence-electron chi connectivity index (χ1n) is 7.95. The van der Waals surface area contributed by atoms with E-state index in [0.29, 0.717) is 5.69 Å². The predicted octanol–water partition coefficient (Wildman–Crippen LogP) is 4.00. The third-order valence-corrected chi connectivity index (χ3v) is 6.54. The zero-order chi connectivity index (χ0) is 18.3. The van der Waals surface area contributed by atoms with Gasteiger partial charge in [0.1, 0.15) is 10.7 Å². The molecule has 134 valence electrons. The van der Waals surface area contributed by atoms with Crippen LogP contribution in [0.15, 0.2) is 47.4 Å². The van der Waals surface area contributed by atoms with Crippen LogP contribution in [0.5, 0.6) is 0 Å². The van der Waals surface area contributed by atoms with Crippen molar-refractivity contribution in [3.05, 3.63) is 58.3 Å². The molecule has 0 unspecified atom stereocenters. The van der Waals surface area contributed by atoms with Crippen molar-refractivity contribution in [2.45, 2.75) is 24.3 Å². The van der Waals surface area contributed by atoms with Gasteiger partial charge in [0.2, 0.25) is 0 Å². The topological polar surface area (TPSA) is 76.9 Å². The second kappa shape index (κ2) is 6.57. The van der Waals surface area contributed by atoms with Gasteiger partial charge in [-0.25, -0.2) is 8.42 Å². The minimum Gasteiger partial charge on any atom is -0.311 e. The van der Waals surface area contributed by atoms with Gasteiger partial charge in [-0.05, 0) is 30.7 Å². The van der Waals surface area contributed by atoms with E-state index in [0.717, 1.165) is 36.6 Å². The van der Waals surface area contributed by atoms with E-state index >= 15 is 0 Å². The average molecular weight is 409 g/mol. The second-order valence-corrected chi connectivity index (χ2v) is 8.37. The molecule has 0 atom stereocenters. The van der Waals surface area contributed by atoms with Gasteiger partial charge >= 0.3 is 0 Å². The molecular weight excluding hydrogens is 395 g/mol. The Kier molecular flexibility index (Phi) is 4.38. The van der Waals surface area contributed by atoms with E-state index in [2.05, 4.69) is 19.5 Å². The van der Waals surface area contributed by atoms with Gasteiger partial charge in [-0.2, -0.15) is 0 Å². The Morgan fingerprint density at radius 1 is 1.08 bits per heavy atom. The van der Waals surface area contributed by atoms with Crippen LogP contribution in [0.2, 0.25) is 10.0 Å². The lowest BCUT2D eigenvalue weighted by Gasteiger charge is -2.11. The summed E-state index contributed by atoms with van der Waals surface area (Å²) in [6.07, 6.45) is 1.95. The van der Waals surface area contributed by atoms with Gasteiger partial charge in [-0.3, -0.25) is 4.72 Å². The Hall–Kier alpha value is -2.09. The van der Waals surface area contributed by atoms with Crippen LogP contribution in [0, 0.1) is 0 Å². The fourth-order valence-electron chi connectivity index (χ4n) is 2.99. The van der Waals surface area contributed by atoms with E-state index in [-0.39, 0.29) is 14.9 Å². The number of hydrogen-bond acceptors (Lipinski definition) is 4. The molecule has 2 heterocycles. The highest BCUT2D eigenvalue weighted by atomic mass is 35.5. The maximum atomic E-state index is 12.7. The summed E-state index contributed by atoms with van der Waals surface area (Å²) >= 11 is 12.0. The standard InChI is InChI=1S/C17H14Cl2N4O2S/c18-13-6-2-7-14(16(13)19)26(24,25)22-12-5-1-4-11(10-12)17-21-20-15-8-3-9-23(15)17/h1-2,4-7,10,22H,3,8-9H2. The van der Waals surface area contributed by atoms with Gasteiger partial charge in [-0.1, -0.05) is 41.4 Å². The van der Waals surface area contributed by atoms with Crippen LogP contribution in [0.3, 0.4) is 0 Å². The molecule has 0 saturated carbocycles. The quantitative estimate of drug-likeness (QED) is 0.707. The van der Waals surface area contributed by atoms with Crippen molar-refractivity contribution in [2.24, 2.45) is 0 Å². The number of aromatic nitrogens is 3. The Morgan fingerprint density at radius 3 is 2.73 bits per heavy atom. The minimum atomic E-state index is -3.87. The van der Waals surface area contributed by atoms with Crippen molar-refractivity contribution in [3.63, 3.8) is 0 Å². The monoisotopic (exact) mass is 408 g/mol. The molecule has 0 spiro atoms. The lowest BCUT2D eigenvalue weighted by Crippen LogP contribution is -2.13. The number of nitrogens with one attached hydrogen (secondary N) is 1. The fourth-order valence-corrected chi connectivity index (χ4v) is 4.80. The Balaban J connectivity index is 1.68. The Labute approximate surface area is 160 Å². The van der Waals surface area contributed by atoms with E-state index in [1.165, 1.54) is 12.1 Å². The first-order chi connectivity index (χ1) is 12.5. The maximum Gasteiger partial charge on any atom is 0.263 e. The molecule has 1 aliphatic rings. The Bertz CT molecular complexity index is 1100. The van der Waals surface area contributed by atoms with Crippen LogP contribution in [0.4, 0.5) is 5.69 Å². The largest absolute Gasteiger partial charge is 0.311 e. The molecule has 3 aromatic rings. The van der Waals surface area contributed by atoms with Crippen molar-refractivity contribution in [1.29, 1.82) is 0 Å². The van der Waals surface area contributed by atoms with Crippen LogP contribution in [-0.4, -0.2) is 23.2 Å². The maximum absolute atomic E-state index is 12.7. The highest BCUT2D eigenvalue weighted by Crippen LogP contribution is 2.31. The zero-order valence-electron chi connectivity index (χ0n) is 13.5. The van der Waals surface area contributed by atoms with Crippen molar-refractivity contribution in [2.75, 3.05) is 4.72 Å². The van der Waals surface area contributed by atoms with Gasteiger partial charge in [0.05, 0.1) is 10.0 Å². The summed E-state index contributed by atoms with van der Waals surface area (Å²) < 4.78 is 29.9. The molecule has 0 radical (unpaired) electrons. The summed E-state index contributed by atoms with van der Waals surface area (Å²) in [7, 11) is -3.87. The SMILES string of the molecule is O=S(=O)(Nc1cccc(-c2nnc3n2CCC3)c1)c1cccc(Cl)c1Cl. The summed E-state index contributed by atoms with van der Waals surface area (Å²) in [6, 6.07) is 11.5. The molecule has 2 aromatic carbocycles. The summed E-state index contributed by atoms with van der Waals surface area (Å²) in [4.78, 5) is -0.0690. The van der Waals surface area contributed by atoms with Crippen molar-refractivity contribution in [3.8, 4) is 11.4 Å². The minimum absolute atomic E-state index is 0.00639. The highest BCUT2D eigenvalue weighted by molar-refractivity contribution is 7.92. The third kappa shape index (κ3) is 3.06. The number of rotatable bonds is 4. The van der Waals surface area contributed by atoms with Gasteiger partial charge in [-0.15, -0.1) is 10.2 Å². The summed E-state index contributed by atoms with van der Waals surface area (Å²) in [5.41, 5.74) is 1.21. The molecule has 0 bridgehead atoms. The van der Waals surface area contributed by atoms with Gasteiger partial charge in [0.25, 0.3) is 10.0 Å². The lowest BCUT2D eigenvalue weighted by atomic mass is 10.2. The molecule has 9 heteroatoms. The highest BCUT2D eigenvalue weighted by Gasteiger charge is 2.21. The number of aryl methyl sites for hydroxylation is 1. The number of nitrogens with zero attached hydrogens (tertiary/aromatic N) is 3. The first-order valence-corrected chi connectivity index (χ1v) is 10.2. The van der Waals surface area contributed by atoms with Gasteiger partial charge < -0.3 is 4.57 Å². The van der Waals surface area contributed by atoms with Crippen LogP contribution in [-0.2, 0) is 23.0 Å². The predicted molar refractivity (Wildman–Crippen MR) is 101 cm³/mol. The Morgan fingerprint density at radius 2 is 1.88 bits per heavy atom. The fraction of sp³-hybridized carbons (Fsp3) is 0.176. The number of halogens is 2. The van der Waals surface area contributed by atoms with Crippen molar-refractivity contribution < 1.29 is 8.42 Å². The average Bonchev–Trinajstić information content (AvgIpc) is 3.20. The van der Waals surface area contributed by atoms with E-state index < -0.39 is 10.0 Å². The normalized spacial score (nSPS) is 13.6. The molecular formula is C17H14Cl2N4O2S. The molecule has 26 heavy (non-hydrogen) atoms. The number of sulfonamides is 1. The zero-order valence-corrected chi connectivity index (χ0v) is 15.8. The first kappa shape index (κ1) is 17.3. The third-order valence-electron chi connectivity index (χ3n) is 4.19. The molecule has 1 aliphatic heterocycles. The van der Waals surface area contributed by atoms with E-state index in [9.17, 15) is 8.42 Å². The van der Waals surface area contributed by atoms with Crippen LogP contribution in [0.25, 0.3) is 11.4 Å². The summed E-state index contributed by atoms with van der Waals surface area (Å²) in [5, 5.41) is 8.59. The van der Waals surface area contributed by atoms with Crippen LogP contribution < -0.4 is 4.72 Å². The van der Waals surface area contributed by atoms with Crippen LogP contribution in [0.1, 0.15) is 12.2 Å². The number of hydrogen-bond donors (Lipinski definition) is 1. The molecule has 1 N–H and O–H groups in total. The summed E-state index contributed by atoms with van der Waals surface area (Å²) in [5.74, 6) is 1.69. The van der Waals surface area contributed by atoms with Gasteiger partial charge in [0.15, 0.2) is 5.82 Å². The summed E-state index contributed by atoms with van der Waals surface area (Å²) in [6.45, 7) is 0.867.